The monoisotopic (exact) mass is 245 g/mol. The Morgan fingerprint density at radius 1 is 1.39 bits per heavy atom. The molecular formula is C12H15N5O. The molecule has 0 aliphatic heterocycles. The molecule has 2 aromatic rings. The van der Waals surface area contributed by atoms with Crippen LogP contribution in [-0.4, -0.2) is 37.6 Å². The molecule has 0 bridgehead atoms. The SMILES string of the molecule is CC(C(=O)N(C)Cc1ccncc1)n1cncn1. The zero-order chi connectivity index (χ0) is 13.0. The van der Waals surface area contributed by atoms with E-state index in [-0.39, 0.29) is 11.9 Å². The largest absolute Gasteiger partial charge is 0.340 e. The average molecular weight is 245 g/mol. The number of rotatable bonds is 4. The van der Waals surface area contributed by atoms with Crippen molar-refractivity contribution in [1.82, 2.24) is 24.6 Å². The van der Waals surface area contributed by atoms with E-state index >= 15 is 0 Å². The van der Waals surface area contributed by atoms with Crippen molar-refractivity contribution in [2.45, 2.75) is 19.5 Å². The molecule has 0 radical (unpaired) electrons. The van der Waals surface area contributed by atoms with Gasteiger partial charge in [-0.2, -0.15) is 5.10 Å². The Hall–Kier alpha value is -2.24. The smallest absolute Gasteiger partial charge is 0.247 e. The molecule has 2 aromatic heterocycles. The zero-order valence-electron chi connectivity index (χ0n) is 10.4. The molecule has 2 heterocycles. The molecular weight excluding hydrogens is 230 g/mol. The molecule has 0 aromatic carbocycles. The maximum atomic E-state index is 12.2. The Kier molecular flexibility index (Phi) is 3.66. The quantitative estimate of drug-likeness (QED) is 0.802. The van der Waals surface area contributed by atoms with E-state index in [4.69, 9.17) is 0 Å². The molecule has 0 saturated heterocycles. The van der Waals surface area contributed by atoms with Crippen LogP contribution in [0.2, 0.25) is 0 Å². The van der Waals surface area contributed by atoms with E-state index in [0.717, 1.165) is 5.56 Å². The summed E-state index contributed by atoms with van der Waals surface area (Å²) in [6.07, 6.45) is 6.40. The third-order valence-corrected chi connectivity index (χ3v) is 2.74. The molecule has 6 heteroatoms. The minimum absolute atomic E-state index is 0.00249. The molecule has 18 heavy (non-hydrogen) atoms. The Balaban J connectivity index is 2.01. The second kappa shape index (κ2) is 5.39. The summed E-state index contributed by atoms with van der Waals surface area (Å²) in [6.45, 7) is 2.36. The lowest BCUT2D eigenvalue weighted by Gasteiger charge is -2.21. The van der Waals surface area contributed by atoms with Crippen LogP contribution in [0.5, 0.6) is 0 Å². The van der Waals surface area contributed by atoms with Crippen LogP contribution in [0, 0.1) is 0 Å². The van der Waals surface area contributed by atoms with Crippen molar-refractivity contribution in [3.63, 3.8) is 0 Å². The predicted octanol–water partition coefficient (Wildman–Crippen LogP) is 0.893. The highest BCUT2D eigenvalue weighted by atomic mass is 16.2. The average Bonchev–Trinajstić information content (AvgIpc) is 2.92. The van der Waals surface area contributed by atoms with Gasteiger partial charge in [0.2, 0.25) is 5.91 Å². The Morgan fingerprint density at radius 3 is 2.72 bits per heavy atom. The highest BCUT2D eigenvalue weighted by Crippen LogP contribution is 2.09. The first kappa shape index (κ1) is 12.2. The summed E-state index contributed by atoms with van der Waals surface area (Å²) in [7, 11) is 1.77. The summed E-state index contributed by atoms with van der Waals surface area (Å²) in [5.41, 5.74) is 1.05. The van der Waals surface area contributed by atoms with Gasteiger partial charge in [-0.25, -0.2) is 9.67 Å². The highest BCUT2D eigenvalue weighted by molar-refractivity contribution is 5.79. The van der Waals surface area contributed by atoms with E-state index in [1.54, 1.807) is 42.3 Å². The molecule has 0 aliphatic carbocycles. The van der Waals surface area contributed by atoms with Crippen molar-refractivity contribution in [2.24, 2.45) is 0 Å². The van der Waals surface area contributed by atoms with Crippen LogP contribution in [-0.2, 0) is 11.3 Å². The molecule has 0 spiro atoms. The molecule has 0 aliphatic rings. The molecule has 0 fully saturated rings. The normalized spacial score (nSPS) is 12.1. The van der Waals surface area contributed by atoms with Crippen molar-refractivity contribution in [3.8, 4) is 0 Å². The van der Waals surface area contributed by atoms with Gasteiger partial charge in [0.05, 0.1) is 0 Å². The highest BCUT2D eigenvalue weighted by Gasteiger charge is 2.19. The lowest BCUT2D eigenvalue weighted by Crippen LogP contribution is -2.32. The van der Waals surface area contributed by atoms with E-state index in [2.05, 4.69) is 15.1 Å². The van der Waals surface area contributed by atoms with Crippen molar-refractivity contribution in [2.75, 3.05) is 7.05 Å². The number of likely N-dealkylation sites (N-methyl/N-ethyl adjacent to an activating group) is 1. The molecule has 6 nitrogen and oxygen atoms in total. The van der Waals surface area contributed by atoms with Crippen LogP contribution in [0.1, 0.15) is 18.5 Å². The van der Waals surface area contributed by atoms with Gasteiger partial charge in [0.15, 0.2) is 0 Å². The maximum Gasteiger partial charge on any atom is 0.247 e. The third kappa shape index (κ3) is 2.71. The molecule has 1 unspecified atom stereocenters. The van der Waals surface area contributed by atoms with Gasteiger partial charge in [0, 0.05) is 26.0 Å². The third-order valence-electron chi connectivity index (χ3n) is 2.74. The number of amides is 1. The molecule has 2 rings (SSSR count). The van der Waals surface area contributed by atoms with Gasteiger partial charge in [-0.1, -0.05) is 0 Å². The first-order valence-corrected chi connectivity index (χ1v) is 5.66. The van der Waals surface area contributed by atoms with Gasteiger partial charge >= 0.3 is 0 Å². The zero-order valence-corrected chi connectivity index (χ0v) is 10.4. The lowest BCUT2D eigenvalue weighted by molar-refractivity contribution is -0.133. The standard InChI is InChI=1S/C12H15N5O/c1-10(17-9-14-8-15-17)12(18)16(2)7-11-3-5-13-6-4-11/h3-6,8-10H,7H2,1-2H3. The fourth-order valence-electron chi connectivity index (χ4n) is 1.69. The molecule has 1 atom stereocenters. The Morgan fingerprint density at radius 2 is 2.11 bits per heavy atom. The van der Waals surface area contributed by atoms with Crippen LogP contribution < -0.4 is 0 Å². The van der Waals surface area contributed by atoms with Gasteiger partial charge < -0.3 is 4.90 Å². The summed E-state index contributed by atoms with van der Waals surface area (Å²) < 4.78 is 1.55. The topological polar surface area (TPSA) is 63.9 Å². The second-order valence-electron chi connectivity index (χ2n) is 4.10. The van der Waals surface area contributed by atoms with Gasteiger partial charge in [0.1, 0.15) is 18.7 Å². The summed E-state index contributed by atoms with van der Waals surface area (Å²) in [5.74, 6) is -0.00249. The number of carbonyl (C=O) groups is 1. The first-order valence-electron chi connectivity index (χ1n) is 5.66. The summed E-state index contributed by atoms with van der Waals surface area (Å²) in [4.78, 5) is 21.6. The van der Waals surface area contributed by atoms with E-state index in [9.17, 15) is 4.79 Å². The number of nitrogens with zero attached hydrogens (tertiary/aromatic N) is 5. The number of hydrogen-bond acceptors (Lipinski definition) is 4. The van der Waals surface area contributed by atoms with E-state index in [1.165, 1.54) is 6.33 Å². The fourth-order valence-corrected chi connectivity index (χ4v) is 1.69. The van der Waals surface area contributed by atoms with Crippen LogP contribution in [0.3, 0.4) is 0 Å². The predicted molar refractivity (Wildman–Crippen MR) is 65.4 cm³/mol. The number of carbonyl (C=O) groups excluding carboxylic acids is 1. The second-order valence-corrected chi connectivity index (χ2v) is 4.10. The first-order chi connectivity index (χ1) is 8.68. The van der Waals surface area contributed by atoms with Crippen molar-refractivity contribution in [3.05, 3.63) is 42.7 Å². The molecule has 0 saturated carbocycles. The van der Waals surface area contributed by atoms with Crippen LogP contribution >= 0.6 is 0 Å². The Labute approximate surface area is 105 Å². The molecule has 94 valence electrons. The van der Waals surface area contributed by atoms with Gasteiger partial charge in [-0.3, -0.25) is 9.78 Å². The Bertz CT molecular complexity index is 496. The maximum absolute atomic E-state index is 12.2. The van der Waals surface area contributed by atoms with Crippen LogP contribution in [0.25, 0.3) is 0 Å². The minimum atomic E-state index is -0.348. The summed E-state index contributed by atoms with van der Waals surface area (Å²) in [5, 5.41) is 3.97. The number of aromatic nitrogens is 4. The van der Waals surface area contributed by atoms with Crippen molar-refractivity contribution in [1.29, 1.82) is 0 Å². The van der Waals surface area contributed by atoms with Gasteiger partial charge in [-0.15, -0.1) is 0 Å². The van der Waals surface area contributed by atoms with E-state index < -0.39 is 0 Å². The lowest BCUT2D eigenvalue weighted by atomic mass is 10.2. The minimum Gasteiger partial charge on any atom is -0.340 e. The molecule has 1 amide bonds. The van der Waals surface area contributed by atoms with Gasteiger partial charge in [-0.05, 0) is 24.6 Å². The summed E-state index contributed by atoms with van der Waals surface area (Å²) >= 11 is 0. The van der Waals surface area contributed by atoms with E-state index in [0.29, 0.717) is 6.54 Å². The number of pyridine rings is 1. The summed E-state index contributed by atoms with van der Waals surface area (Å²) in [6, 6.07) is 3.44. The van der Waals surface area contributed by atoms with Crippen LogP contribution in [0.4, 0.5) is 0 Å². The fraction of sp³-hybridized carbons (Fsp3) is 0.333. The number of hydrogen-bond donors (Lipinski definition) is 0. The van der Waals surface area contributed by atoms with Crippen LogP contribution in [0.15, 0.2) is 37.2 Å². The molecule has 0 N–H and O–H groups in total. The van der Waals surface area contributed by atoms with E-state index in [1.807, 2.05) is 12.1 Å². The van der Waals surface area contributed by atoms with Crippen molar-refractivity contribution >= 4 is 5.91 Å². The van der Waals surface area contributed by atoms with Gasteiger partial charge in [0.25, 0.3) is 0 Å². The van der Waals surface area contributed by atoms with Crippen molar-refractivity contribution < 1.29 is 4.79 Å².